The first kappa shape index (κ1) is 28.3. The van der Waals surface area contributed by atoms with Crippen molar-refractivity contribution < 1.29 is 27.8 Å². The van der Waals surface area contributed by atoms with Crippen LogP contribution in [0.15, 0.2) is 47.5 Å². The van der Waals surface area contributed by atoms with E-state index in [9.17, 15) is 27.9 Å². The van der Waals surface area contributed by atoms with Crippen molar-refractivity contribution in [2.45, 2.75) is 45.3 Å². The number of rotatable bonds is 8. The van der Waals surface area contributed by atoms with Gasteiger partial charge in [-0.1, -0.05) is 23.2 Å². The van der Waals surface area contributed by atoms with Crippen LogP contribution in [-0.2, 0) is 22.6 Å². The second-order valence-corrected chi connectivity index (χ2v) is 9.16. The smallest absolute Gasteiger partial charge is 0.416 e. The number of benzene rings is 1. The Morgan fingerprint density at radius 2 is 1.85 bits per heavy atom. The summed E-state index contributed by atoms with van der Waals surface area (Å²) in [6, 6.07) is 7.46. The molecule has 3 heterocycles. The van der Waals surface area contributed by atoms with Gasteiger partial charge in [-0.15, -0.1) is 10.2 Å². The fourth-order valence-electron chi connectivity index (χ4n) is 3.65. The van der Waals surface area contributed by atoms with Gasteiger partial charge in [-0.2, -0.15) is 13.2 Å². The van der Waals surface area contributed by atoms with Gasteiger partial charge in [0.15, 0.2) is 29.7 Å². The van der Waals surface area contributed by atoms with Crippen LogP contribution in [0.5, 0.6) is 0 Å². The van der Waals surface area contributed by atoms with E-state index in [1.165, 1.54) is 48.3 Å². The Hall–Kier alpha value is -3.75. The van der Waals surface area contributed by atoms with Crippen LogP contribution in [0.4, 0.5) is 13.2 Å². The van der Waals surface area contributed by atoms with E-state index in [0.29, 0.717) is 15.3 Å². The third kappa shape index (κ3) is 6.29. The molecule has 0 saturated carbocycles. The molecular weight excluding hydrogens is 566 g/mol. The molecule has 0 aliphatic rings. The lowest BCUT2D eigenvalue weighted by Gasteiger charge is -2.15. The predicted molar refractivity (Wildman–Crippen MR) is 132 cm³/mol. The number of ether oxygens (including phenoxy) is 1. The summed E-state index contributed by atoms with van der Waals surface area (Å²) in [5.74, 6) is -0.538. The van der Waals surface area contributed by atoms with Gasteiger partial charge in [0.25, 0.3) is 0 Å². The number of carbonyl (C=O) groups is 1. The summed E-state index contributed by atoms with van der Waals surface area (Å²) in [5, 5.41) is 18.8. The molecule has 0 saturated heterocycles. The van der Waals surface area contributed by atoms with Gasteiger partial charge in [0, 0.05) is 29.9 Å². The number of hydrogen-bond donors (Lipinski definition) is 1. The Kier molecular flexibility index (Phi) is 8.09. The van der Waals surface area contributed by atoms with Gasteiger partial charge in [0.2, 0.25) is 0 Å². The predicted octanol–water partition coefficient (Wildman–Crippen LogP) is 3.59. The molecule has 4 aromatic rings. The normalized spacial score (nSPS) is 13.3. The average Bonchev–Trinajstić information content (AvgIpc) is 3.41. The topological polar surface area (TPSA) is 130 Å². The maximum absolute atomic E-state index is 13.2. The van der Waals surface area contributed by atoms with Crippen molar-refractivity contribution >= 4 is 29.2 Å². The zero-order valence-corrected chi connectivity index (χ0v) is 21.8. The molecule has 39 heavy (non-hydrogen) atoms. The zero-order chi connectivity index (χ0) is 28.5. The average molecular weight is 586 g/mol. The van der Waals surface area contributed by atoms with E-state index in [4.69, 9.17) is 27.9 Å². The van der Waals surface area contributed by atoms with E-state index in [1.807, 2.05) is 0 Å². The summed E-state index contributed by atoms with van der Waals surface area (Å²) >= 11 is 12.2. The van der Waals surface area contributed by atoms with Gasteiger partial charge in [-0.3, -0.25) is 14.3 Å². The quantitative estimate of drug-likeness (QED) is 0.310. The van der Waals surface area contributed by atoms with Gasteiger partial charge in [-0.25, -0.2) is 19.1 Å². The van der Waals surface area contributed by atoms with Crippen molar-refractivity contribution in [1.29, 1.82) is 0 Å². The van der Waals surface area contributed by atoms with Crippen LogP contribution in [-0.4, -0.2) is 57.5 Å². The largest absolute Gasteiger partial charge is 0.455 e. The molecule has 0 amide bonds. The SMILES string of the molecule is CC(=O)O[C@@H](C)c1nc(Cn2nc(-c3ccc(Cl)cc3)n(C[C@H](O)C(F)(F)F)c2=O)nn1-c1ccncc1Cl. The van der Waals surface area contributed by atoms with E-state index in [2.05, 4.69) is 20.2 Å². The van der Waals surface area contributed by atoms with Crippen molar-refractivity contribution in [1.82, 2.24) is 34.1 Å². The molecule has 0 aliphatic carbocycles. The summed E-state index contributed by atoms with van der Waals surface area (Å²) in [5.41, 5.74) is -0.306. The number of aliphatic hydroxyl groups excluding tert-OH is 1. The highest BCUT2D eigenvalue weighted by Crippen LogP contribution is 2.26. The second kappa shape index (κ2) is 11.2. The van der Waals surface area contributed by atoms with E-state index >= 15 is 0 Å². The van der Waals surface area contributed by atoms with E-state index in [-0.39, 0.29) is 34.6 Å². The third-order valence-electron chi connectivity index (χ3n) is 5.41. The van der Waals surface area contributed by atoms with Gasteiger partial charge >= 0.3 is 17.8 Å². The minimum absolute atomic E-state index is 0.0163. The molecule has 0 unspecified atom stereocenters. The lowest BCUT2D eigenvalue weighted by molar-refractivity contribution is -0.207. The van der Waals surface area contributed by atoms with Crippen molar-refractivity contribution in [3.05, 3.63) is 74.9 Å². The molecule has 16 heteroatoms. The Labute approximate surface area is 228 Å². The molecule has 0 fully saturated rings. The summed E-state index contributed by atoms with van der Waals surface area (Å²) in [7, 11) is 0. The molecule has 11 nitrogen and oxygen atoms in total. The van der Waals surface area contributed by atoms with Gasteiger partial charge in [0.05, 0.1) is 17.3 Å². The van der Waals surface area contributed by atoms with E-state index in [1.54, 1.807) is 13.0 Å². The maximum atomic E-state index is 13.2. The van der Waals surface area contributed by atoms with Crippen LogP contribution in [0.2, 0.25) is 10.0 Å². The van der Waals surface area contributed by atoms with Crippen molar-refractivity contribution in [2.24, 2.45) is 0 Å². The van der Waals surface area contributed by atoms with Gasteiger partial charge < -0.3 is 9.84 Å². The molecule has 4 rings (SSSR count). The molecule has 0 radical (unpaired) electrons. The van der Waals surface area contributed by atoms with E-state index < -0.39 is 36.6 Å². The first-order valence-electron chi connectivity index (χ1n) is 11.3. The molecule has 2 atom stereocenters. The summed E-state index contributed by atoms with van der Waals surface area (Å²) in [6.45, 7) is 1.31. The Balaban J connectivity index is 1.79. The van der Waals surface area contributed by atoms with Crippen LogP contribution < -0.4 is 5.69 Å². The summed E-state index contributed by atoms with van der Waals surface area (Å²) in [4.78, 5) is 33.0. The molecule has 0 aliphatic heterocycles. The first-order valence-corrected chi connectivity index (χ1v) is 12.0. The van der Waals surface area contributed by atoms with Crippen LogP contribution in [0, 0.1) is 0 Å². The maximum Gasteiger partial charge on any atom is 0.416 e. The number of aliphatic hydroxyl groups is 1. The number of carbonyl (C=O) groups excluding carboxylic acids is 1. The second-order valence-electron chi connectivity index (χ2n) is 8.32. The summed E-state index contributed by atoms with van der Waals surface area (Å²) in [6.07, 6.45) is -5.84. The van der Waals surface area contributed by atoms with Gasteiger partial charge in [0.1, 0.15) is 6.54 Å². The number of aromatic nitrogens is 7. The fourth-order valence-corrected chi connectivity index (χ4v) is 3.97. The molecule has 0 spiro atoms. The van der Waals surface area contributed by atoms with Crippen LogP contribution >= 0.6 is 23.2 Å². The number of nitrogens with zero attached hydrogens (tertiary/aromatic N) is 7. The monoisotopic (exact) mass is 585 g/mol. The highest BCUT2D eigenvalue weighted by atomic mass is 35.5. The van der Waals surface area contributed by atoms with Crippen molar-refractivity contribution in [3.63, 3.8) is 0 Å². The zero-order valence-electron chi connectivity index (χ0n) is 20.3. The summed E-state index contributed by atoms with van der Waals surface area (Å²) < 4.78 is 47.5. The molecule has 1 aromatic carbocycles. The van der Waals surface area contributed by atoms with Crippen LogP contribution in [0.3, 0.4) is 0 Å². The molecule has 0 bridgehead atoms. The van der Waals surface area contributed by atoms with Crippen LogP contribution in [0.25, 0.3) is 17.1 Å². The van der Waals surface area contributed by atoms with Crippen molar-refractivity contribution in [2.75, 3.05) is 0 Å². The van der Waals surface area contributed by atoms with Gasteiger partial charge in [-0.05, 0) is 37.3 Å². The number of pyridine rings is 1. The number of alkyl halides is 3. The first-order chi connectivity index (χ1) is 18.3. The molecular formula is C23H20Cl2F3N7O4. The molecule has 1 N–H and O–H groups in total. The van der Waals surface area contributed by atoms with E-state index in [0.717, 1.165) is 4.68 Å². The third-order valence-corrected chi connectivity index (χ3v) is 5.95. The Bertz CT molecular complexity index is 1550. The number of esters is 1. The molecule has 3 aromatic heterocycles. The van der Waals surface area contributed by atoms with Crippen molar-refractivity contribution in [3.8, 4) is 17.1 Å². The minimum Gasteiger partial charge on any atom is -0.455 e. The lowest BCUT2D eigenvalue weighted by atomic mass is 10.2. The number of halogens is 5. The Morgan fingerprint density at radius 1 is 1.15 bits per heavy atom. The molecule has 206 valence electrons. The number of hydrogen-bond acceptors (Lipinski definition) is 8. The van der Waals surface area contributed by atoms with Crippen LogP contribution in [0.1, 0.15) is 31.6 Å². The Morgan fingerprint density at radius 3 is 2.46 bits per heavy atom. The highest BCUT2D eigenvalue weighted by molar-refractivity contribution is 6.32. The highest BCUT2D eigenvalue weighted by Gasteiger charge is 2.39. The standard InChI is InChI=1S/C23H20Cl2F3N7O4/c1-12(39-13(2)36)20-30-19(31-35(20)17-7-8-29-9-16(17)25)11-34-22(38)33(10-18(37)23(26,27)28)21(32-34)14-3-5-15(24)6-4-14/h3-9,12,18,37H,10-11H2,1-2H3/t12-,18-/m0/s1. The minimum atomic E-state index is -4.97. The fraction of sp³-hybridized carbons (Fsp3) is 0.304. The lowest BCUT2D eigenvalue weighted by Crippen LogP contribution is -2.37.